The summed E-state index contributed by atoms with van der Waals surface area (Å²) in [5.41, 5.74) is 11.1. The Balaban J connectivity index is 2.03. The summed E-state index contributed by atoms with van der Waals surface area (Å²) < 4.78 is 0. The third-order valence-corrected chi connectivity index (χ3v) is 3.57. The number of primary amides is 1. The van der Waals surface area contributed by atoms with Gasteiger partial charge >= 0.3 is 0 Å². The lowest BCUT2D eigenvalue weighted by atomic mass is 9.74. The first kappa shape index (κ1) is 9.00. The van der Waals surface area contributed by atoms with Gasteiger partial charge in [0.05, 0.1) is 0 Å². The Morgan fingerprint density at radius 2 is 1.85 bits per heavy atom. The molecule has 3 heteroatoms. The van der Waals surface area contributed by atoms with E-state index in [0.717, 1.165) is 24.7 Å². The Labute approximate surface area is 78.9 Å². The third-order valence-electron chi connectivity index (χ3n) is 3.57. The first-order valence-electron chi connectivity index (χ1n) is 5.15. The fraction of sp³-hybridized carbons (Fsp3) is 0.900. The monoisotopic (exact) mass is 182 g/mol. The second-order valence-corrected chi connectivity index (χ2v) is 4.96. The van der Waals surface area contributed by atoms with Gasteiger partial charge in [0, 0.05) is 12.0 Å². The Kier molecular flexibility index (Phi) is 2.06. The first-order valence-corrected chi connectivity index (χ1v) is 5.15. The summed E-state index contributed by atoms with van der Waals surface area (Å²) in [6.45, 7) is 0. The van der Waals surface area contributed by atoms with Crippen molar-refractivity contribution in [3.8, 4) is 0 Å². The molecule has 0 aromatic heterocycles. The maximum absolute atomic E-state index is 10.8. The smallest absolute Gasteiger partial charge is 0.219 e. The van der Waals surface area contributed by atoms with Gasteiger partial charge in [-0.3, -0.25) is 4.79 Å². The Morgan fingerprint density at radius 3 is 2.31 bits per heavy atom. The molecular weight excluding hydrogens is 164 g/mol. The van der Waals surface area contributed by atoms with E-state index in [2.05, 4.69) is 0 Å². The molecule has 2 saturated carbocycles. The number of amides is 1. The topological polar surface area (TPSA) is 69.1 Å². The van der Waals surface area contributed by atoms with Crippen LogP contribution in [0.2, 0.25) is 0 Å². The van der Waals surface area contributed by atoms with Crippen molar-refractivity contribution < 1.29 is 4.79 Å². The average Bonchev–Trinajstić information content (AvgIpc) is 2.27. The van der Waals surface area contributed by atoms with Crippen LogP contribution in [0.3, 0.4) is 0 Å². The van der Waals surface area contributed by atoms with Crippen molar-refractivity contribution in [2.24, 2.45) is 23.3 Å². The fourth-order valence-electron chi connectivity index (χ4n) is 3.27. The molecule has 2 unspecified atom stereocenters. The number of fused-ring (bicyclic) bond motifs is 2. The van der Waals surface area contributed by atoms with Gasteiger partial charge in [-0.05, 0) is 31.1 Å². The van der Waals surface area contributed by atoms with E-state index in [1.165, 1.54) is 19.3 Å². The molecule has 0 radical (unpaired) electrons. The van der Waals surface area contributed by atoms with E-state index in [1.807, 2.05) is 0 Å². The highest BCUT2D eigenvalue weighted by molar-refractivity contribution is 5.75. The molecule has 74 valence electrons. The number of nitrogens with two attached hydrogens (primary N) is 2. The van der Waals surface area contributed by atoms with Crippen molar-refractivity contribution in [3.63, 3.8) is 0 Å². The molecule has 0 heterocycles. The number of carbonyl (C=O) groups is 1. The molecule has 0 spiro atoms. The molecule has 0 aromatic carbocycles. The van der Waals surface area contributed by atoms with E-state index in [9.17, 15) is 4.79 Å². The molecule has 0 saturated heterocycles. The van der Waals surface area contributed by atoms with Crippen LogP contribution in [0.1, 0.15) is 38.5 Å². The molecule has 2 aliphatic carbocycles. The molecule has 2 rings (SSSR count). The molecule has 0 aliphatic heterocycles. The lowest BCUT2D eigenvalue weighted by Gasteiger charge is -2.36. The van der Waals surface area contributed by atoms with Crippen LogP contribution in [0, 0.1) is 11.8 Å². The second kappa shape index (κ2) is 2.98. The standard InChI is InChI=1S/C10H18N2O/c11-9(13)6-10(12)4-7-1-2-8(3-7)5-10/h7-8H,1-6,12H2,(H2,11,13). The third kappa shape index (κ3) is 1.85. The van der Waals surface area contributed by atoms with Crippen molar-refractivity contribution >= 4 is 5.91 Å². The highest BCUT2D eigenvalue weighted by Gasteiger charge is 2.41. The fourth-order valence-corrected chi connectivity index (χ4v) is 3.27. The molecule has 0 aromatic rings. The van der Waals surface area contributed by atoms with E-state index >= 15 is 0 Å². The van der Waals surface area contributed by atoms with Crippen LogP contribution in [-0.2, 0) is 4.79 Å². The van der Waals surface area contributed by atoms with Crippen molar-refractivity contribution in [2.45, 2.75) is 44.1 Å². The highest BCUT2D eigenvalue weighted by atomic mass is 16.1. The first-order chi connectivity index (χ1) is 6.07. The molecule has 2 aliphatic rings. The van der Waals surface area contributed by atoms with E-state index in [4.69, 9.17) is 11.5 Å². The van der Waals surface area contributed by atoms with Crippen molar-refractivity contribution in [1.29, 1.82) is 0 Å². The molecule has 2 bridgehead atoms. The van der Waals surface area contributed by atoms with Gasteiger partial charge in [-0.15, -0.1) is 0 Å². The van der Waals surface area contributed by atoms with E-state index < -0.39 is 0 Å². The van der Waals surface area contributed by atoms with Crippen molar-refractivity contribution in [3.05, 3.63) is 0 Å². The summed E-state index contributed by atoms with van der Waals surface area (Å²) >= 11 is 0. The second-order valence-electron chi connectivity index (χ2n) is 4.96. The van der Waals surface area contributed by atoms with Crippen LogP contribution in [0.5, 0.6) is 0 Å². The van der Waals surface area contributed by atoms with Gasteiger partial charge in [0.15, 0.2) is 0 Å². The van der Waals surface area contributed by atoms with E-state index in [0.29, 0.717) is 6.42 Å². The van der Waals surface area contributed by atoms with Crippen molar-refractivity contribution in [1.82, 2.24) is 0 Å². The summed E-state index contributed by atoms with van der Waals surface area (Å²) in [6, 6.07) is 0. The summed E-state index contributed by atoms with van der Waals surface area (Å²) in [7, 11) is 0. The highest BCUT2D eigenvalue weighted by Crippen LogP contribution is 2.46. The van der Waals surface area contributed by atoms with Gasteiger partial charge in [0.1, 0.15) is 0 Å². The minimum absolute atomic E-state index is 0.246. The SMILES string of the molecule is NC(=O)CC1(N)CC2CCC(C2)C1. The summed E-state index contributed by atoms with van der Waals surface area (Å²) in [6.07, 6.45) is 6.33. The summed E-state index contributed by atoms with van der Waals surface area (Å²) in [5.74, 6) is 1.29. The molecule has 2 fully saturated rings. The largest absolute Gasteiger partial charge is 0.370 e. The van der Waals surface area contributed by atoms with Gasteiger partial charge in [-0.2, -0.15) is 0 Å². The predicted octanol–water partition coefficient (Wildman–Crippen LogP) is 0.769. The summed E-state index contributed by atoms with van der Waals surface area (Å²) in [5, 5.41) is 0. The number of carbonyl (C=O) groups excluding carboxylic acids is 1. The summed E-state index contributed by atoms with van der Waals surface area (Å²) in [4.78, 5) is 10.8. The van der Waals surface area contributed by atoms with Crippen LogP contribution in [0.15, 0.2) is 0 Å². The van der Waals surface area contributed by atoms with Crippen LogP contribution < -0.4 is 11.5 Å². The lowest BCUT2D eigenvalue weighted by Crippen LogP contribution is -2.47. The molecule has 3 nitrogen and oxygen atoms in total. The minimum Gasteiger partial charge on any atom is -0.370 e. The van der Waals surface area contributed by atoms with Gasteiger partial charge in [-0.1, -0.05) is 12.8 Å². The lowest BCUT2D eigenvalue weighted by molar-refractivity contribution is -0.119. The molecule has 1 amide bonds. The van der Waals surface area contributed by atoms with E-state index in [1.54, 1.807) is 0 Å². The molecule has 2 atom stereocenters. The Hall–Kier alpha value is -0.570. The normalized spacial score (nSPS) is 43.5. The average molecular weight is 182 g/mol. The van der Waals surface area contributed by atoms with Crippen LogP contribution in [0.4, 0.5) is 0 Å². The van der Waals surface area contributed by atoms with Crippen LogP contribution in [-0.4, -0.2) is 11.4 Å². The quantitative estimate of drug-likeness (QED) is 0.662. The number of rotatable bonds is 2. The van der Waals surface area contributed by atoms with Crippen LogP contribution in [0.25, 0.3) is 0 Å². The molecule has 13 heavy (non-hydrogen) atoms. The number of hydrogen-bond donors (Lipinski definition) is 2. The zero-order valence-corrected chi connectivity index (χ0v) is 7.96. The van der Waals surface area contributed by atoms with Crippen molar-refractivity contribution in [2.75, 3.05) is 0 Å². The van der Waals surface area contributed by atoms with Gasteiger partial charge in [0.25, 0.3) is 0 Å². The Bertz CT molecular complexity index is 215. The maximum atomic E-state index is 10.8. The van der Waals surface area contributed by atoms with Crippen LogP contribution >= 0.6 is 0 Å². The predicted molar refractivity (Wildman–Crippen MR) is 50.8 cm³/mol. The Morgan fingerprint density at radius 1 is 1.31 bits per heavy atom. The maximum Gasteiger partial charge on any atom is 0.219 e. The molecule has 4 N–H and O–H groups in total. The minimum atomic E-state index is -0.268. The van der Waals surface area contributed by atoms with Gasteiger partial charge < -0.3 is 11.5 Å². The van der Waals surface area contributed by atoms with E-state index in [-0.39, 0.29) is 11.4 Å². The number of hydrogen-bond acceptors (Lipinski definition) is 2. The van der Waals surface area contributed by atoms with Gasteiger partial charge in [-0.25, -0.2) is 0 Å². The molecular formula is C10H18N2O. The van der Waals surface area contributed by atoms with Gasteiger partial charge in [0.2, 0.25) is 5.91 Å². The zero-order chi connectivity index (χ0) is 9.47. The zero-order valence-electron chi connectivity index (χ0n) is 7.96.